The number of rotatable bonds is 6. The molecule has 0 spiro atoms. The van der Waals surface area contributed by atoms with Gasteiger partial charge in [-0.25, -0.2) is 0 Å². The summed E-state index contributed by atoms with van der Waals surface area (Å²) in [6.45, 7) is 2.27. The number of nitrogens with one attached hydrogen (secondary N) is 2. The zero-order valence-electron chi connectivity index (χ0n) is 15.8. The van der Waals surface area contributed by atoms with E-state index in [9.17, 15) is 23.4 Å². The number of hydrogen-bond acceptors (Lipinski definition) is 4. The number of aliphatic hydroxyl groups is 1. The maximum absolute atomic E-state index is 13.9. The number of aromatic hydroxyl groups is 1. The van der Waals surface area contributed by atoms with Crippen LogP contribution in [0.15, 0.2) is 42.6 Å². The molecule has 0 aliphatic heterocycles. The van der Waals surface area contributed by atoms with Crippen LogP contribution in [-0.4, -0.2) is 38.7 Å². The molecule has 0 radical (unpaired) electrons. The number of aromatic nitrogens is 2. The molecule has 5 nitrogen and oxygen atoms in total. The first-order chi connectivity index (χ1) is 13.4. The minimum atomic E-state index is -4.91. The van der Waals surface area contributed by atoms with Gasteiger partial charge in [-0.3, -0.25) is 5.10 Å². The van der Waals surface area contributed by atoms with Gasteiger partial charge in [0.15, 0.2) is 5.60 Å². The van der Waals surface area contributed by atoms with Crippen molar-refractivity contribution in [3.63, 3.8) is 0 Å². The predicted octanol–water partition coefficient (Wildman–Crippen LogP) is 5.00. The number of para-hydroxylation sites is 1. The predicted molar refractivity (Wildman–Crippen MR) is 106 cm³/mol. The van der Waals surface area contributed by atoms with Crippen molar-refractivity contribution in [1.29, 1.82) is 0 Å². The number of fused-ring (bicyclic) bond motifs is 1. The van der Waals surface area contributed by atoms with Crippen LogP contribution in [0.3, 0.4) is 0 Å². The molecule has 0 bridgehead atoms. The summed E-state index contributed by atoms with van der Waals surface area (Å²) in [7, 11) is 0. The Bertz CT molecular complexity index is 1020. The smallest absolute Gasteiger partial charge is 0.418 e. The largest absolute Gasteiger partial charge is 0.506 e. The van der Waals surface area contributed by atoms with E-state index in [2.05, 4.69) is 15.5 Å². The van der Waals surface area contributed by atoms with Gasteiger partial charge in [0.1, 0.15) is 5.75 Å². The third-order valence-electron chi connectivity index (χ3n) is 5.03. The summed E-state index contributed by atoms with van der Waals surface area (Å²) in [6.07, 6.45) is -4.10. The van der Waals surface area contributed by atoms with Crippen LogP contribution in [0.4, 0.5) is 18.9 Å². The van der Waals surface area contributed by atoms with Gasteiger partial charge in [0.05, 0.1) is 23.3 Å². The molecule has 1 heterocycles. The standard InChI is InChI=1S/C20H21ClF3N3O2/c1-18(2,13-5-3-6-14(21)17(13)28)10-19(29,20(22,23)24)11-25-15-7-4-8-16-12(15)9-26-27-16/h3-9,25,28-29H,10-11H2,1-2H3,(H,26,27). The molecule has 0 aliphatic carbocycles. The van der Waals surface area contributed by atoms with Gasteiger partial charge in [0, 0.05) is 16.6 Å². The summed E-state index contributed by atoms with van der Waals surface area (Å²) in [4.78, 5) is 0. The van der Waals surface area contributed by atoms with Crippen LogP contribution in [0.2, 0.25) is 5.02 Å². The number of phenolic OH excluding ortho intramolecular Hbond substituents is 1. The molecule has 1 aromatic heterocycles. The second-order valence-corrected chi connectivity index (χ2v) is 8.12. The molecule has 29 heavy (non-hydrogen) atoms. The Balaban J connectivity index is 1.90. The first-order valence-corrected chi connectivity index (χ1v) is 9.25. The summed E-state index contributed by atoms with van der Waals surface area (Å²) >= 11 is 5.91. The van der Waals surface area contributed by atoms with E-state index >= 15 is 0 Å². The van der Waals surface area contributed by atoms with E-state index in [0.29, 0.717) is 16.6 Å². The second-order valence-electron chi connectivity index (χ2n) is 7.72. The van der Waals surface area contributed by atoms with Crippen LogP contribution < -0.4 is 5.32 Å². The number of nitrogens with zero attached hydrogens (tertiary/aromatic N) is 1. The minimum Gasteiger partial charge on any atom is -0.506 e. The maximum Gasteiger partial charge on any atom is 0.418 e. The Hall–Kier alpha value is -2.45. The summed E-state index contributed by atoms with van der Waals surface area (Å²) in [5, 5.41) is 30.9. The third kappa shape index (κ3) is 4.13. The first kappa shape index (κ1) is 21.3. The van der Waals surface area contributed by atoms with Gasteiger partial charge in [-0.2, -0.15) is 18.3 Å². The van der Waals surface area contributed by atoms with Gasteiger partial charge < -0.3 is 15.5 Å². The number of aromatic amines is 1. The van der Waals surface area contributed by atoms with Crippen LogP contribution in [-0.2, 0) is 5.41 Å². The normalized spacial score (nSPS) is 14.7. The summed E-state index contributed by atoms with van der Waals surface area (Å²) in [5.74, 6) is -0.292. The van der Waals surface area contributed by atoms with Crippen LogP contribution in [0.1, 0.15) is 25.8 Å². The maximum atomic E-state index is 13.9. The highest BCUT2D eigenvalue weighted by molar-refractivity contribution is 6.32. The topological polar surface area (TPSA) is 81.2 Å². The SMILES string of the molecule is CC(C)(CC(O)(CNc1cccc2[nH]ncc12)C(F)(F)F)c1cccc(Cl)c1O. The lowest BCUT2D eigenvalue weighted by Gasteiger charge is -2.38. The molecule has 3 rings (SSSR count). The number of phenols is 1. The van der Waals surface area contributed by atoms with Crippen molar-refractivity contribution in [2.75, 3.05) is 11.9 Å². The van der Waals surface area contributed by atoms with Gasteiger partial charge >= 0.3 is 6.18 Å². The second kappa shape index (κ2) is 7.42. The van der Waals surface area contributed by atoms with Crippen molar-refractivity contribution in [3.8, 4) is 5.75 Å². The van der Waals surface area contributed by atoms with Crippen LogP contribution >= 0.6 is 11.6 Å². The van der Waals surface area contributed by atoms with Crippen molar-refractivity contribution >= 4 is 28.2 Å². The fraction of sp³-hybridized carbons (Fsp3) is 0.350. The Kier molecular flexibility index (Phi) is 5.44. The van der Waals surface area contributed by atoms with Gasteiger partial charge in [-0.1, -0.05) is 43.6 Å². The molecular formula is C20H21ClF3N3O2. The molecular weight excluding hydrogens is 407 g/mol. The molecule has 0 saturated heterocycles. The van der Waals surface area contributed by atoms with Crippen molar-refractivity contribution in [3.05, 3.63) is 53.2 Å². The Morgan fingerprint density at radius 1 is 1.14 bits per heavy atom. The van der Waals surface area contributed by atoms with Gasteiger partial charge in [0.25, 0.3) is 0 Å². The third-order valence-corrected chi connectivity index (χ3v) is 5.34. The lowest BCUT2D eigenvalue weighted by Crippen LogP contribution is -2.53. The molecule has 2 aromatic carbocycles. The number of hydrogen-bond donors (Lipinski definition) is 4. The number of H-pyrrole nitrogens is 1. The molecule has 0 aliphatic rings. The molecule has 156 valence electrons. The highest BCUT2D eigenvalue weighted by Crippen LogP contribution is 2.44. The van der Waals surface area contributed by atoms with E-state index in [1.807, 2.05) is 0 Å². The molecule has 0 saturated carbocycles. The average Bonchev–Trinajstić information content (AvgIpc) is 3.10. The quantitative estimate of drug-likeness (QED) is 0.446. The van der Waals surface area contributed by atoms with Gasteiger partial charge in [0.2, 0.25) is 0 Å². The Labute approximate surface area is 170 Å². The number of halogens is 4. The van der Waals surface area contributed by atoms with Crippen LogP contribution in [0.25, 0.3) is 10.9 Å². The highest BCUT2D eigenvalue weighted by Gasteiger charge is 2.56. The molecule has 4 N–H and O–H groups in total. The van der Waals surface area contributed by atoms with Crippen LogP contribution in [0.5, 0.6) is 5.75 Å². The highest BCUT2D eigenvalue weighted by atomic mass is 35.5. The number of anilines is 1. The molecule has 1 atom stereocenters. The average molecular weight is 428 g/mol. The Morgan fingerprint density at radius 3 is 2.52 bits per heavy atom. The van der Waals surface area contributed by atoms with Gasteiger partial charge in [-0.05, 0) is 30.0 Å². The van der Waals surface area contributed by atoms with E-state index in [-0.39, 0.29) is 16.3 Å². The van der Waals surface area contributed by atoms with E-state index in [4.69, 9.17) is 11.6 Å². The first-order valence-electron chi connectivity index (χ1n) is 8.88. The minimum absolute atomic E-state index is 0.0379. The zero-order chi connectivity index (χ0) is 21.4. The lowest BCUT2D eigenvalue weighted by molar-refractivity contribution is -0.260. The summed E-state index contributed by atoms with van der Waals surface area (Å²) < 4.78 is 41.7. The van der Waals surface area contributed by atoms with E-state index in [1.54, 1.807) is 24.3 Å². The fourth-order valence-corrected chi connectivity index (χ4v) is 3.69. The van der Waals surface area contributed by atoms with Crippen molar-refractivity contribution in [1.82, 2.24) is 10.2 Å². The molecule has 0 amide bonds. The summed E-state index contributed by atoms with van der Waals surface area (Å²) in [5.41, 5.74) is -2.97. The molecule has 9 heteroatoms. The zero-order valence-corrected chi connectivity index (χ0v) is 16.6. The van der Waals surface area contributed by atoms with Crippen molar-refractivity contribution in [2.45, 2.75) is 37.5 Å². The fourth-order valence-electron chi connectivity index (χ4n) is 3.51. The van der Waals surface area contributed by atoms with Gasteiger partial charge in [-0.15, -0.1) is 0 Å². The molecule has 1 unspecified atom stereocenters. The van der Waals surface area contributed by atoms with E-state index < -0.39 is 30.2 Å². The van der Waals surface area contributed by atoms with E-state index in [0.717, 1.165) is 0 Å². The Morgan fingerprint density at radius 2 is 1.83 bits per heavy atom. The molecule has 3 aromatic rings. The van der Waals surface area contributed by atoms with Crippen LogP contribution in [0, 0.1) is 0 Å². The summed E-state index contributed by atoms with van der Waals surface area (Å²) in [6, 6.07) is 9.52. The molecule has 0 fully saturated rings. The van der Waals surface area contributed by atoms with E-state index in [1.165, 1.54) is 32.2 Å². The lowest BCUT2D eigenvalue weighted by atomic mass is 9.74. The monoisotopic (exact) mass is 427 g/mol. The number of benzene rings is 2. The van der Waals surface area contributed by atoms with Crippen molar-refractivity contribution < 1.29 is 23.4 Å². The number of alkyl halides is 3. The van der Waals surface area contributed by atoms with Crippen molar-refractivity contribution in [2.24, 2.45) is 0 Å².